The zero-order valence-electron chi connectivity index (χ0n) is 20.2. The van der Waals surface area contributed by atoms with Crippen LogP contribution in [0.5, 0.6) is 0 Å². The predicted octanol–water partition coefficient (Wildman–Crippen LogP) is 6.51. The molecular weight excluding hydrogens is 516 g/mol. The Morgan fingerprint density at radius 2 is 1.34 bits per heavy atom. The number of anilines is 1. The first-order valence-electron chi connectivity index (χ1n) is 12.0. The fourth-order valence-electron chi connectivity index (χ4n) is 3.92. The lowest BCUT2D eigenvalue weighted by Gasteiger charge is -2.18. The van der Waals surface area contributed by atoms with Gasteiger partial charge in [0, 0.05) is 22.6 Å². The Labute approximate surface area is 229 Å². The van der Waals surface area contributed by atoms with E-state index >= 15 is 0 Å². The van der Waals surface area contributed by atoms with Crippen LogP contribution in [0.1, 0.15) is 15.9 Å². The summed E-state index contributed by atoms with van der Waals surface area (Å²) in [5, 5.41) is 15.6. The Kier molecular flexibility index (Phi) is 7.87. The van der Waals surface area contributed by atoms with Gasteiger partial charge in [0.15, 0.2) is 0 Å². The Morgan fingerprint density at radius 3 is 2.03 bits per heavy atom. The molecule has 38 heavy (non-hydrogen) atoms. The third-order valence-electron chi connectivity index (χ3n) is 5.90. The van der Waals surface area contributed by atoms with Crippen molar-refractivity contribution in [2.75, 3.05) is 5.32 Å². The summed E-state index contributed by atoms with van der Waals surface area (Å²) >= 11 is 7.22. The number of hydrogen-bond donors (Lipinski definition) is 2. The second-order valence-electron chi connectivity index (χ2n) is 8.57. The summed E-state index contributed by atoms with van der Waals surface area (Å²) in [6, 6.07) is 33.2. The summed E-state index contributed by atoms with van der Waals surface area (Å²) in [5.41, 5.74) is 4.31. The van der Waals surface area contributed by atoms with E-state index in [-0.39, 0.29) is 11.8 Å². The molecule has 1 atom stereocenters. The third kappa shape index (κ3) is 6.32. The predicted molar refractivity (Wildman–Crippen MR) is 152 cm³/mol. The van der Waals surface area contributed by atoms with Crippen LogP contribution in [-0.4, -0.2) is 28.1 Å². The SMILES string of the molecule is O=C(N[C@H](Cc1ccccc1)C(=O)Nc1nnc(-c2ccc(Cl)cc2)s1)c1ccc(-c2ccccc2)cc1. The molecule has 1 heterocycles. The molecule has 0 aliphatic carbocycles. The molecule has 2 amide bonds. The highest BCUT2D eigenvalue weighted by molar-refractivity contribution is 7.18. The minimum atomic E-state index is -0.818. The maximum absolute atomic E-state index is 13.3. The molecule has 0 aliphatic rings. The van der Waals surface area contributed by atoms with Gasteiger partial charge in [-0.2, -0.15) is 0 Å². The van der Waals surface area contributed by atoms with E-state index < -0.39 is 6.04 Å². The fraction of sp³-hybridized carbons (Fsp3) is 0.0667. The third-order valence-corrected chi connectivity index (χ3v) is 7.04. The van der Waals surface area contributed by atoms with Gasteiger partial charge in [-0.15, -0.1) is 10.2 Å². The number of carbonyl (C=O) groups excluding carboxylic acids is 2. The van der Waals surface area contributed by atoms with Crippen LogP contribution in [0.25, 0.3) is 21.7 Å². The number of rotatable bonds is 8. The summed E-state index contributed by atoms with van der Waals surface area (Å²) in [4.78, 5) is 26.4. The average molecular weight is 539 g/mol. The van der Waals surface area contributed by atoms with E-state index in [0.717, 1.165) is 22.3 Å². The highest BCUT2D eigenvalue weighted by atomic mass is 35.5. The molecule has 0 fully saturated rings. The van der Waals surface area contributed by atoms with Crippen LogP contribution in [0.15, 0.2) is 109 Å². The number of aromatic nitrogens is 2. The van der Waals surface area contributed by atoms with E-state index in [1.807, 2.05) is 84.9 Å². The van der Waals surface area contributed by atoms with Crippen LogP contribution in [0.4, 0.5) is 5.13 Å². The number of benzene rings is 4. The number of amides is 2. The lowest BCUT2D eigenvalue weighted by Crippen LogP contribution is -2.45. The molecule has 0 unspecified atom stereocenters. The number of carbonyl (C=O) groups is 2. The molecule has 5 rings (SSSR count). The minimum absolute atomic E-state index is 0.323. The smallest absolute Gasteiger partial charge is 0.251 e. The fourth-order valence-corrected chi connectivity index (χ4v) is 4.80. The van der Waals surface area contributed by atoms with Crippen LogP contribution in [0.2, 0.25) is 5.02 Å². The Morgan fingerprint density at radius 1 is 0.737 bits per heavy atom. The lowest BCUT2D eigenvalue weighted by atomic mass is 10.0. The van der Waals surface area contributed by atoms with Gasteiger partial charge in [-0.3, -0.25) is 14.9 Å². The molecule has 5 aromatic rings. The summed E-state index contributed by atoms with van der Waals surface area (Å²) in [6.45, 7) is 0. The van der Waals surface area contributed by atoms with Gasteiger partial charge >= 0.3 is 0 Å². The summed E-state index contributed by atoms with van der Waals surface area (Å²) in [5.74, 6) is -0.707. The van der Waals surface area contributed by atoms with Gasteiger partial charge in [0.25, 0.3) is 5.91 Å². The van der Waals surface area contributed by atoms with Crippen molar-refractivity contribution >= 4 is 39.9 Å². The lowest BCUT2D eigenvalue weighted by molar-refractivity contribution is -0.118. The molecule has 0 bridgehead atoms. The standard InChI is InChI=1S/C30H23ClN4O2S/c31-25-17-15-24(16-18-25)29-34-35-30(38-29)33-28(37)26(19-20-7-3-1-4-8-20)32-27(36)23-13-11-22(12-14-23)21-9-5-2-6-10-21/h1-18,26H,19H2,(H,32,36)(H,33,35,37)/t26-/m1/s1. The second kappa shape index (κ2) is 11.8. The summed E-state index contributed by atoms with van der Waals surface area (Å²) in [7, 11) is 0. The van der Waals surface area contributed by atoms with Crippen molar-refractivity contribution < 1.29 is 9.59 Å². The number of nitrogens with zero attached hydrogens (tertiary/aromatic N) is 2. The van der Waals surface area contributed by atoms with Gasteiger partial charge in [-0.05, 0) is 41.0 Å². The molecule has 0 aliphatic heterocycles. The van der Waals surface area contributed by atoms with Crippen LogP contribution in [0, 0.1) is 0 Å². The van der Waals surface area contributed by atoms with Crippen LogP contribution in [0.3, 0.4) is 0 Å². The second-order valence-corrected chi connectivity index (χ2v) is 9.98. The Bertz CT molecular complexity index is 1520. The average Bonchev–Trinajstić information content (AvgIpc) is 3.42. The quantitative estimate of drug-likeness (QED) is 0.236. The van der Waals surface area contributed by atoms with Gasteiger partial charge in [0.1, 0.15) is 11.0 Å². The molecule has 6 nitrogen and oxygen atoms in total. The molecule has 4 aromatic carbocycles. The van der Waals surface area contributed by atoms with Crippen molar-refractivity contribution in [2.24, 2.45) is 0 Å². The van der Waals surface area contributed by atoms with Gasteiger partial charge in [-0.1, -0.05) is 108 Å². The Balaban J connectivity index is 1.31. The largest absolute Gasteiger partial charge is 0.340 e. The zero-order valence-corrected chi connectivity index (χ0v) is 21.7. The van der Waals surface area contributed by atoms with Gasteiger partial charge in [-0.25, -0.2) is 0 Å². The van der Waals surface area contributed by atoms with E-state index in [1.54, 1.807) is 24.3 Å². The first-order valence-corrected chi connectivity index (χ1v) is 13.2. The molecule has 0 saturated heterocycles. The van der Waals surface area contributed by atoms with Crippen LogP contribution < -0.4 is 10.6 Å². The highest BCUT2D eigenvalue weighted by Crippen LogP contribution is 2.27. The van der Waals surface area contributed by atoms with E-state index in [4.69, 9.17) is 11.6 Å². The molecule has 1 aromatic heterocycles. The zero-order chi connectivity index (χ0) is 26.3. The van der Waals surface area contributed by atoms with Crippen molar-refractivity contribution in [1.82, 2.24) is 15.5 Å². The monoisotopic (exact) mass is 538 g/mol. The van der Waals surface area contributed by atoms with E-state index in [1.165, 1.54) is 11.3 Å². The minimum Gasteiger partial charge on any atom is -0.340 e. The summed E-state index contributed by atoms with van der Waals surface area (Å²) in [6.07, 6.45) is 0.323. The Hall–Kier alpha value is -4.33. The maximum Gasteiger partial charge on any atom is 0.251 e. The first-order chi connectivity index (χ1) is 18.5. The van der Waals surface area contributed by atoms with Crippen molar-refractivity contribution in [3.05, 3.63) is 125 Å². The molecule has 2 N–H and O–H groups in total. The van der Waals surface area contributed by atoms with Gasteiger partial charge < -0.3 is 5.32 Å². The van der Waals surface area contributed by atoms with Crippen molar-refractivity contribution in [3.63, 3.8) is 0 Å². The van der Waals surface area contributed by atoms with Crippen LogP contribution >= 0.6 is 22.9 Å². The molecule has 0 saturated carbocycles. The molecular formula is C30H23ClN4O2S. The van der Waals surface area contributed by atoms with E-state index in [9.17, 15) is 9.59 Å². The number of hydrogen-bond acceptors (Lipinski definition) is 5. The molecule has 8 heteroatoms. The molecule has 188 valence electrons. The van der Waals surface area contributed by atoms with Crippen LogP contribution in [-0.2, 0) is 11.2 Å². The molecule has 0 radical (unpaired) electrons. The molecule has 0 spiro atoms. The number of nitrogens with one attached hydrogen (secondary N) is 2. The van der Waals surface area contributed by atoms with Crippen molar-refractivity contribution in [1.29, 1.82) is 0 Å². The van der Waals surface area contributed by atoms with Crippen molar-refractivity contribution in [3.8, 4) is 21.7 Å². The number of halogens is 1. The van der Waals surface area contributed by atoms with E-state index in [2.05, 4.69) is 20.8 Å². The normalized spacial score (nSPS) is 11.5. The van der Waals surface area contributed by atoms with Gasteiger partial charge in [0.2, 0.25) is 11.0 Å². The van der Waals surface area contributed by atoms with E-state index in [0.29, 0.717) is 27.1 Å². The summed E-state index contributed by atoms with van der Waals surface area (Å²) < 4.78 is 0. The first kappa shape index (κ1) is 25.3. The van der Waals surface area contributed by atoms with Gasteiger partial charge in [0.05, 0.1) is 0 Å². The van der Waals surface area contributed by atoms with Crippen molar-refractivity contribution in [2.45, 2.75) is 12.5 Å². The highest BCUT2D eigenvalue weighted by Gasteiger charge is 2.23. The maximum atomic E-state index is 13.3. The topological polar surface area (TPSA) is 84.0 Å².